The number of nitro groups is 1. The lowest BCUT2D eigenvalue weighted by molar-refractivity contribution is -0.385. The Hall–Kier alpha value is -2.71. The maximum atomic E-state index is 12.8. The minimum atomic E-state index is -0.556. The van der Waals surface area contributed by atoms with E-state index in [-0.39, 0.29) is 35.6 Å². The summed E-state index contributed by atoms with van der Waals surface area (Å²) in [6.45, 7) is 0.763. The van der Waals surface area contributed by atoms with Crippen LogP contribution in [0.3, 0.4) is 0 Å². The number of ether oxygens (including phenoxy) is 1. The molecule has 1 aromatic carbocycles. The SMILES string of the molecule is Cl.NCCCN1C(=O)c2ccccc2Oc2cc([N+](=O)[O-])cnc21. The molecule has 126 valence electrons. The van der Waals surface area contributed by atoms with Crippen molar-refractivity contribution in [2.24, 2.45) is 5.73 Å². The van der Waals surface area contributed by atoms with Crippen LogP contribution in [0.2, 0.25) is 0 Å². The molecule has 0 saturated carbocycles. The highest BCUT2D eigenvalue weighted by Gasteiger charge is 2.30. The Morgan fingerprint density at radius 2 is 2.04 bits per heavy atom. The predicted octanol–water partition coefficient (Wildman–Crippen LogP) is 2.51. The van der Waals surface area contributed by atoms with Crippen molar-refractivity contribution in [3.63, 3.8) is 0 Å². The van der Waals surface area contributed by atoms with E-state index < -0.39 is 4.92 Å². The molecule has 1 amide bonds. The van der Waals surface area contributed by atoms with Crippen molar-refractivity contribution in [2.45, 2.75) is 6.42 Å². The summed E-state index contributed by atoms with van der Waals surface area (Å²) in [6, 6.07) is 8.02. The van der Waals surface area contributed by atoms with E-state index in [0.717, 1.165) is 6.20 Å². The van der Waals surface area contributed by atoms with E-state index in [9.17, 15) is 14.9 Å². The van der Waals surface area contributed by atoms with Gasteiger partial charge in [0.15, 0.2) is 11.6 Å². The molecule has 2 heterocycles. The minimum Gasteiger partial charge on any atom is -0.452 e. The van der Waals surface area contributed by atoms with Gasteiger partial charge in [-0.05, 0) is 25.1 Å². The van der Waals surface area contributed by atoms with Gasteiger partial charge in [0.1, 0.15) is 11.9 Å². The Morgan fingerprint density at radius 3 is 2.75 bits per heavy atom. The van der Waals surface area contributed by atoms with E-state index in [4.69, 9.17) is 10.5 Å². The molecule has 0 fully saturated rings. The number of rotatable bonds is 4. The molecule has 0 spiro atoms. The summed E-state index contributed by atoms with van der Waals surface area (Å²) in [5.41, 5.74) is 5.71. The number of halogens is 1. The number of hydrogen-bond acceptors (Lipinski definition) is 6. The first-order chi connectivity index (χ1) is 11.1. The second-order valence-electron chi connectivity index (χ2n) is 4.97. The molecule has 2 N–H and O–H groups in total. The number of hydrogen-bond donors (Lipinski definition) is 1. The lowest BCUT2D eigenvalue weighted by Crippen LogP contribution is -2.33. The second-order valence-corrected chi connectivity index (χ2v) is 4.97. The molecular weight excluding hydrogens is 336 g/mol. The summed E-state index contributed by atoms with van der Waals surface area (Å²) >= 11 is 0. The number of nitrogens with two attached hydrogens (primary N) is 1. The van der Waals surface area contributed by atoms with Gasteiger partial charge in [-0.3, -0.25) is 19.8 Å². The van der Waals surface area contributed by atoms with E-state index in [2.05, 4.69) is 4.98 Å². The summed E-state index contributed by atoms with van der Waals surface area (Å²) in [7, 11) is 0. The van der Waals surface area contributed by atoms with Crippen molar-refractivity contribution in [1.82, 2.24) is 4.98 Å². The maximum Gasteiger partial charge on any atom is 0.291 e. The molecule has 0 radical (unpaired) electrons. The van der Waals surface area contributed by atoms with Crippen molar-refractivity contribution >= 4 is 29.8 Å². The molecule has 2 aromatic rings. The Morgan fingerprint density at radius 1 is 1.29 bits per heavy atom. The molecule has 0 saturated heterocycles. The molecular formula is C15H15ClN4O4. The normalized spacial score (nSPS) is 12.4. The van der Waals surface area contributed by atoms with E-state index in [0.29, 0.717) is 30.8 Å². The van der Waals surface area contributed by atoms with Gasteiger partial charge in [0.25, 0.3) is 11.6 Å². The third-order valence-corrected chi connectivity index (χ3v) is 3.45. The number of carbonyl (C=O) groups is 1. The molecule has 0 unspecified atom stereocenters. The molecule has 1 aliphatic rings. The fourth-order valence-corrected chi connectivity index (χ4v) is 2.35. The fraction of sp³-hybridized carbons (Fsp3) is 0.200. The molecule has 0 atom stereocenters. The van der Waals surface area contributed by atoms with Crippen LogP contribution in [-0.4, -0.2) is 28.9 Å². The monoisotopic (exact) mass is 350 g/mol. The van der Waals surface area contributed by atoms with E-state index in [1.807, 2.05) is 0 Å². The topological polar surface area (TPSA) is 112 Å². The fourth-order valence-electron chi connectivity index (χ4n) is 2.35. The number of fused-ring (bicyclic) bond motifs is 2. The number of amides is 1. The van der Waals surface area contributed by atoms with Crippen LogP contribution < -0.4 is 15.4 Å². The van der Waals surface area contributed by atoms with Crippen LogP contribution >= 0.6 is 12.4 Å². The first kappa shape index (κ1) is 17.6. The number of para-hydroxylation sites is 1. The van der Waals surface area contributed by atoms with Gasteiger partial charge in [0, 0.05) is 6.54 Å². The van der Waals surface area contributed by atoms with Crippen LogP contribution in [0.4, 0.5) is 11.5 Å². The van der Waals surface area contributed by atoms with Gasteiger partial charge in [0.05, 0.1) is 16.6 Å². The van der Waals surface area contributed by atoms with Crippen LogP contribution in [0.15, 0.2) is 36.5 Å². The van der Waals surface area contributed by atoms with Crippen molar-refractivity contribution in [1.29, 1.82) is 0 Å². The standard InChI is InChI=1S/C15H14N4O4.ClH/c16-6-3-7-18-14-13(8-10(9-17-14)19(21)22)23-12-5-2-1-4-11(12)15(18)20;/h1-2,4-5,8-9H,3,6-7,16H2;1H. The Bertz CT molecular complexity index is 784. The van der Waals surface area contributed by atoms with Gasteiger partial charge >= 0.3 is 0 Å². The summed E-state index contributed by atoms with van der Waals surface area (Å²) in [6.07, 6.45) is 1.69. The lowest BCUT2D eigenvalue weighted by atomic mass is 10.1. The first-order valence-electron chi connectivity index (χ1n) is 7.05. The number of anilines is 1. The van der Waals surface area contributed by atoms with Crippen LogP contribution in [0.5, 0.6) is 11.5 Å². The summed E-state index contributed by atoms with van der Waals surface area (Å²) in [5.74, 6) is 0.505. The average Bonchev–Trinajstić information content (AvgIpc) is 2.67. The van der Waals surface area contributed by atoms with Gasteiger partial charge in [-0.1, -0.05) is 12.1 Å². The van der Waals surface area contributed by atoms with Crippen molar-refractivity contribution < 1.29 is 14.5 Å². The molecule has 3 rings (SSSR count). The molecule has 1 aliphatic heterocycles. The Kier molecular flexibility index (Phi) is 5.32. The third-order valence-electron chi connectivity index (χ3n) is 3.45. The van der Waals surface area contributed by atoms with E-state index in [1.54, 1.807) is 24.3 Å². The summed E-state index contributed by atoms with van der Waals surface area (Å²) < 4.78 is 5.71. The highest BCUT2D eigenvalue weighted by Crippen LogP contribution is 2.39. The third kappa shape index (κ3) is 3.15. The number of pyridine rings is 1. The van der Waals surface area contributed by atoms with Gasteiger partial charge in [-0.25, -0.2) is 4.98 Å². The van der Waals surface area contributed by atoms with Crippen LogP contribution in [0.25, 0.3) is 0 Å². The van der Waals surface area contributed by atoms with E-state index in [1.165, 1.54) is 11.0 Å². The number of benzene rings is 1. The van der Waals surface area contributed by atoms with Crippen molar-refractivity contribution in [2.75, 3.05) is 18.0 Å². The van der Waals surface area contributed by atoms with Crippen LogP contribution in [-0.2, 0) is 0 Å². The van der Waals surface area contributed by atoms with Crippen LogP contribution in [0, 0.1) is 10.1 Å². The molecule has 8 nitrogen and oxygen atoms in total. The highest BCUT2D eigenvalue weighted by atomic mass is 35.5. The summed E-state index contributed by atoms with van der Waals surface area (Å²) in [4.78, 5) is 28.7. The quantitative estimate of drug-likeness (QED) is 0.669. The highest BCUT2D eigenvalue weighted by molar-refractivity contribution is 6.09. The number of carbonyl (C=O) groups excluding carboxylic acids is 1. The van der Waals surface area contributed by atoms with Crippen molar-refractivity contribution in [3.8, 4) is 11.5 Å². The van der Waals surface area contributed by atoms with Gasteiger partial charge in [-0.2, -0.15) is 0 Å². The smallest absolute Gasteiger partial charge is 0.291 e. The molecule has 24 heavy (non-hydrogen) atoms. The Labute approximate surface area is 143 Å². The zero-order valence-electron chi connectivity index (χ0n) is 12.5. The number of nitrogens with zero attached hydrogens (tertiary/aromatic N) is 3. The maximum absolute atomic E-state index is 12.8. The minimum absolute atomic E-state index is 0. The zero-order valence-corrected chi connectivity index (χ0v) is 13.4. The Balaban J connectivity index is 0.00000208. The number of aromatic nitrogens is 1. The zero-order chi connectivity index (χ0) is 16.4. The molecule has 0 aliphatic carbocycles. The largest absolute Gasteiger partial charge is 0.452 e. The average molecular weight is 351 g/mol. The van der Waals surface area contributed by atoms with Gasteiger partial charge in [-0.15, -0.1) is 12.4 Å². The molecule has 0 bridgehead atoms. The van der Waals surface area contributed by atoms with Gasteiger partial charge in [0.2, 0.25) is 0 Å². The molecule has 9 heteroatoms. The van der Waals surface area contributed by atoms with Gasteiger partial charge < -0.3 is 10.5 Å². The van der Waals surface area contributed by atoms with Crippen LogP contribution in [0.1, 0.15) is 16.8 Å². The first-order valence-corrected chi connectivity index (χ1v) is 7.05. The lowest BCUT2D eigenvalue weighted by Gasteiger charge is -2.20. The van der Waals surface area contributed by atoms with Crippen molar-refractivity contribution in [3.05, 3.63) is 52.2 Å². The second kappa shape index (κ2) is 7.24. The summed E-state index contributed by atoms with van der Waals surface area (Å²) in [5, 5.41) is 10.9. The predicted molar refractivity (Wildman–Crippen MR) is 90.0 cm³/mol. The van der Waals surface area contributed by atoms with E-state index >= 15 is 0 Å². The molecule has 1 aromatic heterocycles.